The summed E-state index contributed by atoms with van der Waals surface area (Å²) in [5.74, 6) is 1.35. The van der Waals surface area contributed by atoms with Gasteiger partial charge in [0.15, 0.2) is 0 Å². The molecule has 0 unspecified atom stereocenters. The molecule has 0 atom stereocenters. The van der Waals surface area contributed by atoms with E-state index in [-0.39, 0.29) is 0 Å². The van der Waals surface area contributed by atoms with Crippen molar-refractivity contribution in [3.05, 3.63) is 0 Å². The van der Waals surface area contributed by atoms with Crippen molar-refractivity contribution in [3.8, 4) is 0 Å². The summed E-state index contributed by atoms with van der Waals surface area (Å²) in [5.41, 5.74) is 0. The number of rotatable bonds is 4. The molecule has 1 nitrogen and oxygen atoms in total. The smallest absolute Gasteiger partial charge is 0.132 e. The van der Waals surface area contributed by atoms with Gasteiger partial charge in [0.05, 0.1) is 0 Å². The molecular formula is C8H14O. The Morgan fingerprint density at radius 3 is 2.67 bits per heavy atom. The highest BCUT2D eigenvalue weighted by Gasteiger charge is 2.21. The van der Waals surface area contributed by atoms with Crippen LogP contribution in [0.3, 0.4) is 0 Å². The van der Waals surface area contributed by atoms with Gasteiger partial charge in [-0.1, -0.05) is 19.8 Å². The molecule has 0 aliphatic heterocycles. The molecule has 0 aromatic rings. The maximum absolute atomic E-state index is 10.7. The first-order valence-corrected chi connectivity index (χ1v) is 3.84. The molecule has 0 aromatic heterocycles. The van der Waals surface area contributed by atoms with E-state index in [1.54, 1.807) is 0 Å². The number of hydrogen-bond acceptors (Lipinski definition) is 1. The maximum atomic E-state index is 10.7. The van der Waals surface area contributed by atoms with E-state index < -0.39 is 0 Å². The van der Waals surface area contributed by atoms with E-state index in [4.69, 9.17) is 0 Å². The summed E-state index contributed by atoms with van der Waals surface area (Å²) in [6, 6.07) is 0. The average molecular weight is 126 g/mol. The predicted molar refractivity (Wildman–Crippen MR) is 37.3 cm³/mol. The van der Waals surface area contributed by atoms with E-state index in [0.717, 1.165) is 25.2 Å². The van der Waals surface area contributed by atoms with Crippen molar-refractivity contribution < 1.29 is 4.79 Å². The number of Topliss-reactive ketones (excluding diaryl/α,β-unsaturated/α-hetero) is 1. The summed E-state index contributed by atoms with van der Waals surface area (Å²) in [6.45, 7) is 1.94. The highest BCUT2D eigenvalue weighted by atomic mass is 16.1. The van der Waals surface area contributed by atoms with Crippen LogP contribution in [0, 0.1) is 5.92 Å². The zero-order chi connectivity index (χ0) is 6.69. The van der Waals surface area contributed by atoms with Gasteiger partial charge >= 0.3 is 0 Å². The van der Waals surface area contributed by atoms with Crippen LogP contribution in [0.4, 0.5) is 0 Å². The predicted octanol–water partition coefficient (Wildman–Crippen LogP) is 2.16. The molecular weight excluding hydrogens is 112 g/mol. The fourth-order valence-electron chi connectivity index (χ4n) is 0.948. The standard InChI is InChI=1S/C8H14O/c1-2-8(9)6-5-7-3-4-7/h7H,2-6H2,1H3. The Morgan fingerprint density at radius 2 is 2.22 bits per heavy atom. The van der Waals surface area contributed by atoms with E-state index in [1.807, 2.05) is 6.92 Å². The van der Waals surface area contributed by atoms with E-state index in [2.05, 4.69) is 0 Å². The van der Waals surface area contributed by atoms with Crippen LogP contribution in [0.15, 0.2) is 0 Å². The van der Waals surface area contributed by atoms with E-state index in [1.165, 1.54) is 12.8 Å². The lowest BCUT2D eigenvalue weighted by Crippen LogP contribution is -1.94. The summed E-state index contributed by atoms with van der Waals surface area (Å²) < 4.78 is 0. The molecule has 0 saturated heterocycles. The first-order chi connectivity index (χ1) is 4.33. The second kappa shape index (κ2) is 3.00. The number of ketones is 1. The molecule has 0 amide bonds. The molecule has 0 radical (unpaired) electrons. The third-order valence-corrected chi connectivity index (χ3v) is 1.92. The Balaban J connectivity index is 1.96. The van der Waals surface area contributed by atoms with Gasteiger partial charge in [-0.2, -0.15) is 0 Å². The summed E-state index contributed by atoms with van der Waals surface area (Å²) in [5, 5.41) is 0. The first kappa shape index (κ1) is 6.79. The van der Waals surface area contributed by atoms with Crippen molar-refractivity contribution in [2.75, 3.05) is 0 Å². The number of carbonyl (C=O) groups is 1. The molecule has 0 heterocycles. The highest BCUT2D eigenvalue weighted by Crippen LogP contribution is 2.33. The van der Waals surface area contributed by atoms with Gasteiger partial charge < -0.3 is 0 Å². The van der Waals surface area contributed by atoms with Crippen LogP contribution < -0.4 is 0 Å². The van der Waals surface area contributed by atoms with Crippen LogP contribution in [0.5, 0.6) is 0 Å². The topological polar surface area (TPSA) is 17.1 Å². The van der Waals surface area contributed by atoms with Crippen molar-refractivity contribution in [2.24, 2.45) is 5.92 Å². The minimum absolute atomic E-state index is 0.432. The third-order valence-electron chi connectivity index (χ3n) is 1.92. The monoisotopic (exact) mass is 126 g/mol. The lowest BCUT2D eigenvalue weighted by molar-refractivity contribution is -0.118. The maximum Gasteiger partial charge on any atom is 0.132 e. The molecule has 1 saturated carbocycles. The molecule has 52 valence electrons. The largest absolute Gasteiger partial charge is 0.300 e. The fraction of sp³-hybridized carbons (Fsp3) is 0.875. The van der Waals surface area contributed by atoms with Crippen molar-refractivity contribution in [2.45, 2.75) is 39.0 Å². The van der Waals surface area contributed by atoms with E-state index in [9.17, 15) is 4.79 Å². The van der Waals surface area contributed by atoms with Gasteiger partial charge in [-0.25, -0.2) is 0 Å². The van der Waals surface area contributed by atoms with Crippen LogP contribution in [0.25, 0.3) is 0 Å². The van der Waals surface area contributed by atoms with Crippen LogP contribution in [-0.2, 0) is 4.79 Å². The molecule has 1 fully saturated rings. The minimum Gasteiger partial charge on any atom is -0.300 e. The molecule has 1 aliphatic carbocycles. The Labute approximate surface area is 56.4 Å². The average Bonchev–Trinajstić information content (AvgIpc) is 2.65. The lowest BCUT2D eigenvalue weighted by atomic mass is 10.1. The Kier molecular flexibility index (Phi) is 2.26. The van der Waals surface area contributed by atoms with Crippen LogP contribution in [-0.4, -0.2) is 5.78 Å². The molecule has 1 aliphatic rings. The molecule has 9 heavy (non-hydrogen) atoms. The molecule has 0 spiro atoms. The Hall–Kier alpha value is -0.330. The van der Waals surface area contributed by atoms with Gasteiger partial charge in [0.1, 0.15) is 5.78 Å². The van der Waals surface area contributed by atoms with Gasteiger partial charge in [-0.15, -0.1) is 0 Å². The van der Waals surface area contributed by atoms with Gasteiger partial charge in [0.2, 0.25) is 0 Å². The summed E-state index contributed by atoms with van der Waals surface area (Å²) >= 11 is 0. The minimum atomic E-state index is 0.432. The molecule has 1 rings (SSSR count). The third kappa shape index (κ3) is 2.64. The van der Waals surface area contributed by atoms with E-state index >= 15 is 0 Å². The van der Waals surface area contributed by atoms with Crippen LogP contribution in [0.2, 0.25) is 0 Å². The quantitative estimate of drug-likeness (QED) is 0.564. The SMILES string of the molecule is CCC(=O)CCC1CC1. The summed E-state index contributed by atoms with van der Waals surface area (Å²) in [6.07, 6.45) is 5.47. The fourth-order valence-corrected chi connectivity index (χ4v) is 0.948. The molecule has 0 aromatic carbocycles. The van der Waals surface area contributed by atoms with Gasteiger partial charge in [0.25, 0.3) is 0 Å². The van der Waals surface area contributed by atoms with Crippen LogP contribution >= 0.6 is 0 Å². The van der Waals surface area contributed by atoms with Crippen LogP contribution in [0.1, 0.15) is 39.0 Å². The van der Waals surface area contributed by atoms with Crippen molar-refractivity contribution in [1.82, 2.24) is 0 Å². The van der Waals surface area contributed by atoms with Gasteiger partial charge in [-0.05, 0) is 12.3 Å². The highest BCUT2D eigenvalue weighted by molar-refractivity contribution is 5.77. The zero-order valence-corrected chi connectivity index (χ0v) is 6.02. The van der Waals surface area contributed by atoms with Crippen molar-refractivity contribution in [3.63, 3.8) is 0 Å². The molecule has 0 bridgehead atoms. The second-order valence-electron chi connectivity index (χ2n) is 2.87. The Morgan fingerprint density at radius 1 is 1.56 bits per heavy atom. The van der Waals surface area contributed by atoms with Crippen molar-refractivity contribution in [1.29, 1.82) is 0 Å². The normalized spacial score (nSPS) is 17.9. The number of hydrogen-bond donors (Lipinski definition) is 0. The van der Waals surface area contributed by atoms with Gasteiger partial charge in [0, 0.05) is 12.8 Å². The van der Waals surface area contributed by atoms with E-state index in [0.29, 0.717) is 5.78 Å². The van der Waals surface area contributed by atoms with Crippen molar-refractivity contribution >= 4 is 5.78 Å². The number of carbonyl (C=O) groups excluding carboxylic acids is 1. The van der Waals surface area contributed by atoms with Gasteiger partial charge in [-0.3, -0.25) is 4.79 Å². The second-order valence-corrected chi connectivity index (χ2v) is 2.87. The molecule has 1 heteroatoms. The Bertz CT molecular complexity index is 103. The summed E-state index contributed by atoms with van der Waals surface area (Å²) in [4.78, 5) is 10.7. The molecule has 0 N–H and O–H groups in total. The zero-order valence-electron chi connectivity index (χ0n) is 6.02. The first-order valence-electron chi connectivity index (χ1n) is 3.84. The summed E-state index contributed by atoms with van der Waals surface area (Å²) in [7, 11) is 0. The lowest BCUT2D eigenvalue weighted by Gasteiger charge is -1.92.